The Labute approximate surface area is 82.7 Å². The summed E-state index contributed by atoms with van der Waals surface area (Å²) in [6.07, 6.45) is -0.419. The lowest BCUT2D eigenvalue weighted by molar-refractivity contribution is 0.198. The van der Waals surface area contributed by atoms with Crippen LogP contribution in [0.4, 0.5) is 0 Å². The van der Waals surface area contributed by atoms with E-state index >= 15 is 0 Å². The van der Waals surface area contributed by atoms with E-state index < -0.39 is 6.10 Å². The number of hydrogen-bond acceptors (Lipinski definition) is 1. The van der Waals surface area contributed by atoms with E-state index in [0.29, 0.717) is 0 Å². The van der Waals surface area contributed by atoms with Gasteiger partial charge in [-0.1, -0.05) is 37.9 Å². The second kappa shape index (κ2) is 3.70. The number of aliphatic hydroxyl groups is 1. The van der Waals surface area contributed by atoms with Crippen LogP contribution in [0.15, 0.2) is 27.1 Å². The third-order valence-electron chi connectivity index (χ3n) is 1.41. The summed E-state index contributed by atoms with van der Waals surface area (Å²) in [6, 6.07) is 5.72. The van der Waals surface area contributed by atoms with E-state index in [1.54, 1.807) is 6.92 Å². The lowest BCUT2D eigenvalue weighted by Gasteiger charge is -2.06. The monoisotopic (exact) mass is 278 g/mol. The lowest BCUT2D eigenvalue weighted by Crippen LogP contribution is -1.91. The van der Waals surface area contributed by atoms with Crippen molar-refractivity contribution in [3.8, 4) is 0 Å². The Bertz CT molecular complexity index is 258. The third-order valence-corrected chi connectivity index (χ3v) is 2.59. The van der Waals surface area contributed by atoms with Gasteiger partial charge in [-0.05, 0) is 24.6 Å². The van der Waals surface area contributed by atoms with E-state index in [9.17, 15) is 5.11 Å². The zero-order valence-corrected chi connectivity index (χ0v) is 9.18. The molecule has 3 heteroatoms. The maximum Gasteiger partial charge on any atom is 0.0772 e. The van der Waals surface area contributed by atoms with Crippen LogP contribution in [-0.2, 0) is 0 Å². The maximum absolute atomic E-state index is 9.25. The number of aliphatic hydroxyl groups excluding tert-OH is 1. The van der Waals surface area contributed by atoms with Crippen molar-refractivity contribution in [3.63, 3.8) is 0 Å². The predicted molar refractivity (Wildman–Crippen MR) is 52.5 cm³/mol. The quantitative estimate of drug-likeness (QED) is 0.837. The van der Waals surface area contributed by atoms with Crippen molar-refractivity contribution in [2.45, 2.75) is 13.0 Å². The van der Waals surface area contributed by atoms with Crippen molar-refractivity contribution in [1.29, 1.82) is 0 Å². The maximum atomic E-state index is 9.25. The molecule has 1 nitrogen and oxygen atoms in total. The minimum Gasteiger partial charge on any atom is -0.389 e. The van der Waals surface area contributed by atoms with Crippen molar-refractivity contribution in [3.05, 3.63) is 32.7 Å². The average molecular weight is 280 g/mol. The Kier molecular flexibility index (Phi) is 3.10. The van der Waals surface area contributed by atoms with E-state index in [-0.39, 0.29) is 0 Å². The summed E-state index contributed by atoms with van der Waals surface area (Å²) in [5, 5.41) is 9.25. The molecule has 1 aromatic carbocycles. The minimum absolute atomic E-state index is 0.419. The molecule has 0 fully saturated rings. The molecule has 0 radical (unpaired) electrons. The van der Waals surface area contributed by atoms with Crippen LogP contribution in [0.25, 0.3) is 0 Å². The van der Waals surface area contributed by atoms with Crippen molar-refractivity contribution < 1.29 is 5.11 Å². The van der Waals surface area contributed by atoms with Gasteiger partial charge in [-0.2, -0.15) is 0 Å². The van der Waals surface area contributed by atoms with E-state index in [1.165, 1.54) is 0 Å². The van der Waals surface area contributed by atoms with Crippen molar-refractivity contribution in [2.24, 2.45) is 0 Å². The normalized spacial score (nSPS) is 13.1. The van der Waals surface area contributed by atoms with E-state index in [4.69, 9.17) is 0 Å². The number of halogens is 2. The summed E-state index contributed by atoms with van der Waals surface area (Å²) < 4.78 is 1.94. The molecule has 0 bridgehead atoms. The van der Waals surface area contributed by atoms with Crippen LogP contribution in [0.3, 0.4) is 0 Å². The minimum atomic E-state index is -0.419. The fraction of sp³-hybridized carbons (Fsp3) is 0.250. The second-order valence-electron chi connectivity index (χ2n) is 2.34. The smallest absolute Gasteiger partial charge is 0.0772 e. The van der Waals surface area contributed by atoms with Crippen LogP contribution in [0.2, 0.25) is 0 Å². The Hall–Kier alpha value is 0.140. The van der Waals surface area contributed by atoms with Crippen LogP contribution in [-0.4, -0.2) is 5.11 Å². The van der Waals surface area contributed by atoms with Crippen molar-refractivity contribution in [2.75, 3.05) is 0 Å². The summed E-state index contributed by atoms with van der Waals surface area (Å²) in [5.41, 5.74) is 0.910. The molecule has 1 N–H and O–H groups in total. The fourth-order valence-electron chi connectivity index (χ4n) is 0.840. The van der Waals surface area contributed by atoms with Gasteiger partial charge < -0.3 is 5.11 Å². The van der Waals surface area contributed by atoms with Gasteiger partial charge in [0.25, 0.3) is 0 Å². The molecule has 60 valence electrons. The fourth-order valence-corrected chi connectivity index (χ4v) is 2.22. The molecular weight excluding hydrogens is 272 g/mol. The Morgan fingerprint density at radius 2 is 2.00 bits per heavy atom. The number of hydrogen-bond donors (Lipinski definition) is 1. The molecule has 1 atom stereocenters. The molecule has 0 amide bonds. The highest BCUT2D eigenvalue weighted by Crippen LogP contribution is 2.26. The SMILES string of the molecule is C[C@@H](O)c1ccc(Br)cc1Br. The molecule has 0 aliphatic carbocycles. The number of rotatable bonds is 1. The topological polar surface area (TPSA) is 20.2 Å². The van der Waals surface area contributed by atoms with Gasteiger partial charge in [-0.25, -0.2) is 0 Å². The van der Waals surface area contributed by atoms with Crippen LogP contribution < -0.4 is 0 Å². The van der Waals surface area contributed by atoms with Gasteiger partial charge >= 0.3 is 0 Å². The van der Waals surface area contributed by atoms with Gasteiger partial charge in [0.05, 0.1) is 6.10 Å². The second-order valence-corrected chi connectivity index (χ2v) is 4.11. The molecule has 1 rings (SSSR count). The molecule has 0 aliphatic rings. The largest absolute Gasteiger partial charge is 0.389 e. The molecule has 0 saturated heterocycles. The molecule has 11 heavy (non-hydrogen) atoms. The Morgan fingerprint density at radius 3 is 2.45 bits per heavy atom. The van der Waals surface area contributed by atoms with Crippen LogP contribution in [0.5, 0.6) is 0 Å². The highest BCUT2D eigenvalue weighted by molar-refractivity contribution is 9.11. The first-order chi connectivity index (χ1) is 5.11. The standard InChI is InChI=1S/C8H8Br2O/c1-5(11)7-3-2-6(9)4-8(7)10/h2-5,11H,1H3/t5-/m1/s1. The molecule has 0 saturated carbocycles. The Balaban J connectivity index is 3.09. The van der Waals surface area contributed by atoms with Crippen molar-refractivity contribution in [1.82, 2.24) is 0 Å². The number of benzene rings is 1. The van der Waals surface area contributed by atoms with Gasteiger partial charge in [0.1, 0.15) is 0 Å². The first kappa shape index (κ1) is 9.23. The predicted octanol–water partition coefficient (Wildman–Crippen LogP) is 3.26. The summed E-state index contributed by atoms with van der Waals surface area (Å²) in [5.74, 6) is 0. The van der Waals surface area contributed by atoms with Gasteiger partial charge in [-0.15, -0.1) is 0 Å². The first-order valence-electron chi connectivity index (χ1n) is 3.24. The third kappa shape index (κ3) is 2.29. The summed E-state index contributed by atoms with van der Waals surface area (Å²) in [6.45, 7) is 1.74. The van der Waals surface area contributed by atoms with Gasteiger partial charge in [0.15, 0.2) is 0 Å². The average Bonchev–Trinajstić information content (AvgIpc) is 1.85. The molecule has 0 unspecified atom stereocenters. The zero-order chi connectivity index (χ0) is 8.43. The van der Waals surface area contributed by atoms with E-state index in [0.717, 1.165) is 14.5 Å². The highest BCUT2D eigenvalue weighted by Gasteiger charge is 2.04. The molecule has 0 aromatic heterocycles. The molecule has 0 heterocycles. The molecule has 0 aliphatic heterocycles. The van der Waals surface area contributed by atoms with E-state index in [1.807, 2.05) is 18.2 Å². The highest BCUT2D eigenvalue weighted by atomic mass is 79.9. The van der Waals surface area contributed by atoms with E-state index in [2.05, 4.69) is 31.9 Å². The summed E-state index contributed by atoms with van der Waals surface area (Å²) in [4.78, 5) is 0. The van der Waals surface area contributed by atoms with Crippen LogP contribution in [0.1, 0.15) is 18.6 Å². The first-order valence-corrected chi connectivity index (χ1v) is 4.83. The lowest BCUT2D eigenvalue weighted by atomic mass is 10.1. The van der Waals surface area contributed by atoms with Gasteiger partial charge in [0.2, 0.25) is 0 Å². The van der Waals surface area contributed by atoms with Crippen LogP contribution in [0, 0.1) is 0 Å². The summed E-state index contributed by atoms with van der Waals surface area (Å²) in [7, 11) is 0. The molecule has 1 aromatic rings. The zero-order valence-electron chi connectivity index (χ0n) is 6.01. The van der Waals surface area contributed by atoms with Gasteiger partial charge in [-0.3, -0.25) is 0 Å². The Morgan fingerprint density at radius 1 is 1.36 bits per heavy atom. The van der Waals surface area contributed by atoms with Crippen molar-refractivity contribution >= 4 is 31.9 Å². The molecule has 0 spiro atoms. The van der Waals surface area contributed by atoms with Crippen LogP contribution >= 0.6 is 31.9 Å². The molecular formula is C8H8Br2O. The summed E-state index contributed by atoms with van der Waals surface area (Å²) >= 11 is 6.69. The van der Waals surface area contributed by atoms with Gasteiger partial charge in [0, 0.05) is 8.95 Å².